The van der Waals surface area contributed by atoms with Gasteiger partial charge in [0.15, 0.2) is 0 Å². The zero-order valence-corrected chi connectivity index (χ0v) is 18.1. The van der Waals surface area contributed by atoms with Gasteiger partial charge in [-0.1, -0.05) is 41.6 Å². The predicted molar refractivity (Wildman–Crippen MR) is 118 cm³/mol. The molecule has 1 aliphatic heterocycles. The Morgan fingerprint density at radius 2 is 1.52 bits per heavy atom. The van der Waals surface area contributed by atoms with Crippen molar-refractivity contribution in [3.63, 3.8) is 0 Å². The molecule has 2 aromatic carbocycles. The van der Waals surface area contributed by atoms with Gasteiger partial charge in [-0.25, -0.2) is 9.37 Å². The Bertz CT molecular complexity index is 1100. The third-order valence-corrected chi connectivity index (χ3v) is 6.31. The van der Waals surface area contributed by atoms with Crippen LogP contribution in [0.15, 0.2) is 76.8 Å². The summed E-state index contributed by atoms with van der Waals surface area (Å²) >= 11 is 7.47. The van der Waals surface area contributed by atoms with Crippen molar-refractivity contribution in [2.75, 3.05) is 26.2 Å². The number of carbonyl (C=O) groups excluding carboxylic acids is 2. The highest BCUT2D eigenvalue weighted by Crippen LogP contribution is 2.29. The molecule has 0 radical (unpaired) electrons. The molecule has 0 aliphatic carbocycles. The molecular weight excluding hydrogens is 437 g/mol. The van der Waals surface area contributed by atoms with Crippen LogP contribution in [0.4, 0.5) is 4.39 Å². The van der Waals surface area contributed by atoms with Crippen molar-refractivity contribution in [1.29, 1.82) is 0 Å². The summed E-state index contributed by atoms with van der Waals surface area (Å²) in [6.07, 6.45) is 1.67. The first kappa shape index (κ1) is 21.3. The minimum Gasteiger partial charge on any atom is -0.335 e. The molecule has 158 valence electrons. The first-order valence-corrected chi connectivity index (χ1v) is 10.9. The summed E-state index contributed by atoms with van der Waals surface area (Å²) in [5.41, 5.74) is 0.800. The van der Waals surface area contributed by atoms with Crippen molar-refractivity contribution in [2.45, 2.75) is 9.92 Å². The maximum Gasteiger partial charge on any atom is 0.256 e. The van der Waals surface area contributed by atoms with Crippen LogP contribution in [0.2, 0.25) is 5.02 Å². The van der Waals surface area contributed by atoms with Gasteiger partial charge in [-0.05, 0) is 42.5 Å². The summed E-state index contributed by atoms with van der Waals surface area (Å²) in [5.74, 6) is -0.866. The van der Waals surface area contributed by atoms with Crippen LogP contribution in [0.25, 0.3) is 0 Å². The molecule has 2 amide bonds. The summed E-state index contributed by atoms with van der Waals surface area (Å²) in [6.45, 7) is 1.54. The number of halogens is 2. The number of benzene rings is 2. The molecular formula is C23H19ClFN3O2S. The normalized spacial score (nSPS) is 13.9. The van der Waals surface area contributed by atoms with Crippen molar-refractivity contribution in [1.82, 2.24) is 14.8 Å². The molecule has 3 aromatic rings. The third-order valence-electron chi connectivity index (χ3n) is 4.97. The van der Waals surface area contributed by atoms with Gasteiger partial charge in [0, 0.05) is 37.3 Å². The predicted octanol–water partition coefficient (Wildman–Crippen LogP) is 4.62. The SMILES string of the molecule is O=C(c1ccc(F)cc1Cl)N1CCN(C(=O)c2cccnc2Sc2ccccc2)CC1. The van der Waals surface area contributed by atoms with Crippen LogP contribution in [-0.2, 0) is 0 Å². The van der Waals surface area contributed by atoms with Crippen LogP contribution in [-0.4, -0.2) is 52.8 Å². The molecule has 0 bridgehead atoms. The minimum absolute atomic E-state index is 0.0847. The Labute approximate surface area is 188 Å². The van der Waals surface area contributed by atoms with E-state index in [4.69, 9.17) is 11.6 Å². The van der Waals surface area contributed by atoms with E-state index in [-0.39, 0.29) is 22.4 Å². The van der Waals surface area contributed by atoms with Crippen LogP contribution in [0, 0.1) is 5.82 Å². The van der Waals surface area contributed by atoms with E-state index in [0.717, 1.165) is 11.0 Å². The van der Waals surface area contributed by atoms with Gasteiger partial charge in [0.25, 0.3) is 11.8 Å². The van der Waals surface area contributed by atoms with E-state index in [2.05, 4.69) is 4.98 Å². The molecule has 1 aliphatic rings. The zero-order valence-electron chi connectivity index (χ0n) is 16.5. The number of hydrogen-bond acceptors (Lipinski definition) is 4. The lowest BCUT2D eigenvalue weighted by Crippen LogP contribution is -2.50. The fourth-order valence-electron chi connectivity index (χ4n) is 3.35. The van der Waals surface area contributed by atoms with E-state index in [0.29, 0.717) is 36.8 Å². The quantitative estimate of drug-likeness (QED) is 0.576. The highest BCUT2D eigenvalue weighted by atomic mass is 35.5. The van der Waals surface area contributed by atoms with Crippen molar-refractivity contribution in [3.05, 3.63) is 88.8 Å². The number of aromatic nitrogens is 1. The van der Waals surface area contributed by atoms with Crippen LogP contribution >= 0.6 is 23.4 Å². The smallest absolute Gasteiger partial charge is 0.256 e. The fourth-order valence-corrected chi connectivity index (χ4v) is 4.49. The van der Waals surface area contributed by atoms with E-state index >= 15 is 0 Å². The van der Waals surface area contributed by atoms with E-state index in [1.165, 1.54) is 23.9 Å². The van der Waals surface area contributed by atoms with Gasteiger partial charge in [-0.15, -0.1) is 0 Å². The molecule has 0 saturated carbocycles. The van der Waals surface area contributed by atoms with Gasteiger partial charge < -0.3 is 9.80 Å². The van der Waals surface area contributed by atoms with Crippen LogP contribution in [0.3, 0.4) is 0 Å². The average Bonchev–Trinajstić information content (AvgIpc) is 2.79. The van der Waals surface area contributed by atoms with Crippen molar-refractivity contribution < 1.29 is 14.0 Å². The molecule has 31 heavy (non-hydrogen) atoms. The monoisotopic (exact) mass is 455 g/mol. The Morgan fingerprint density at radius 1 is 0.871 bits per heavy atom. The molecule has 2 heterocycles. The van der Waals surface area contributed by atoms with Crippen LogP contribution < -0.4 is 0 Å². The van der Waals surface area contributed by atoms with Crippen molar-refractivity contribution in [3.8, 4) is 0 Å². The number of piperazine rings is 1. The van der Waals surface area contributed by atoms with Crippen molar-refractivity contribution in [2.24, 2.45) is 0 Å². The minimum atomic E-state index is -0.488. The number of rotatable bonds is 4. The number of pyridine rings is 1. The number of hydrogen-bond donors (Lipinski definition) is 0. The Kier molecular flexibility index (Phi) is 6.53. The maximum atomic E-state index is 13.3. The molecule has 4 rings (SSSR count). The van der Waals surface area contributed by atoms with Crippen LogP contribution in [0.5, 0.6) is 0 Å². The highest BCUT2D eigenvalue weighted by molar-refractivity contribution is 7.99. The second kappa shape index (κ2) is 9.49. The summed E-state index contributed by atoms with van der Waals surface area (Å²) < 4.78 is 13.3. The molecule has 1 aromatic heterocycles. The molecule has 1 fully saturated rings. The summed E-state index contributed by atoms with van der Waals surface area (Å²) in [5, 5.41) is 0.733. The molecule has 5 nitrogen and oxygen atoms in total. The Morgan fingerprint density at radius 3 is 2.16 bits per heavy atom. The van der Waals surface area contributed by atoms with Crippen LogP contribution in [0.1, 0.15) is 20.7 Å². The molecule has 0 atom stereocenters. The second-order valence-electron chi connectivity index (χ2n) is 6.98. The second-order valence-corrected chi connectivity index (χ2v) is 8.45. The summed E-state index contributed by atoms with van der Waals surface area (Å²) in [7, 11) is 0. The lowest BCUT2D eigenvalue weighted by atomic mass is 10.1. The van der Waals surface area contributed by atoms with Gasteiger partial charge in [0.05, 0.1) is 16.1 Å². The molecule has 0 spiro atoms. The lowest BCUT2D eigenvalue weighted by Gasteiger charge is -2.35. The first-order valence-electron chi connectivity index (χ1n) is 9.74. The summed E-state index contributed by atoms with van der Waals surface area (Å²) in [6, 6.07) is 17.0. The molecule has 0 N–H and O–H groups in total. The number of nitrogens with zero attached hydrogens (tertiary/aromatic N) is 3. The largest absolute Gasteiger partial charge is 0.335 e. The highest BCUT2D eigenvalue weighted by Gasteiger charge is 2.28. The number of amides is 2. The van der Waals surface area contributed by atoms with Gasteiger partial charge in [0.2, 0.25) is 0 Å². The van der Waals surface area contributed by atoms with E-state index in [1.807, 2.05) is 30.3 Å². The topological polar surface area (TPSA) is 53.5 Å². The molecule has 8 heteroatoms. The summed E-state index contributed by atoms with van der Waals surface area (Å²) in [4.78, 5) is 34.6. The third kappa shape index (κ3) is 4.89. The van der Waals surface area contributed by atoms with Gasteiger partial charge in [-0.2, -0.15) is 0 Å². The Balaban J connectivity index is 1.44. The van der Waals surface area contributed by atoms with E-state index in [1.54, 1.807) is 28.1 Å². The lowest BCUT2D eigenvalue weighted by molar-refractivity contribution is 0.0533. The van der Waals surface area contributed by atoms with Gasteiger partial charge in [0.1, 0.15) is 10.8 Å². The van der Waals surface area contributed by atoms with E-state index < -0.39 is 5.82 Å². The Hall–Kier alpha value is -2.90. The first-order chi connectivity index (χ1) is 15.0. The maximum absolute atomic E-state index is 13.3. The molecule has 1 saturated heterocycles. The average molecular weight is 456 g/mol. The molecule has 0 unspecified atom stereocenters. The van der Waals surface area contributed by atoms with E-state index in [9.17, 15) is 14.0 Å². The number of carbonyl (C=O) groups is 2. The van der Waals surface area contributed by atoms with Gasteiger partial charge in [-0.3, -0.25) is 9.59 Å². The van der Waals surface area contributed by atoms with Crippen molar-refractivity contribution >= 4 is 35.2 Å². The standard InChI is InChI=1S/C23H19ClFN3O2S/c24-20-15-16(25)8-9-18(20)22(29)27-11-13-28(14-12-27)23(30)19-7-4-10-26-21(19)31-17-5-2-1-3-6-17/h1-10,15H,11-14H2. The van der Waals surface area contributed by atoms with Gasteiger partial charge >= 0.3 is 0 Å². The zero-order chi connectivity index (χ0) is 21.8. The fraction of sp³-hybridized carbons (Fsp3) is 0.174.